The molecule has 0 bridgehead atoms. The second-order valence-electron chi connectivity index (χ2n) is 6.86. The van der Waals surface area contributed by atoms with Crippen LogP contribution in [0.15, 0.2) is 71.3 Å². The summed E-state index contributed by atoms with van der Waals surface area (Å²) in [7, 11) is 1.62. The molecule has 0 fully saturated rings. The largest absolute Gasteiger partial charge is 0.497 e. The fourth-order valence-corrected chi connectivity index (χ4v) is 3.57. The molecule has 156 valence electrons. The molecule has 0 atom stereocenters. The van der Waals surface area contributed by atoms with Crippen molar-refractivity contribution in [2.75, 3.05) is 13.7 Å². The highest BCUT2D eigenvalue weighted by molar-refractivity contribution is 5.82. The molecule has 3 aromatic heterocycles. The maximum absolute atomic E-state index is 10.9. The Kier molecular flexibility index (Phi) is 4.55. The number of hydrogen-bond donors (Lipinski definition) is 0. The third-order valence-electron chi connectivity index (χ3n) is 5.03. The van der Waals surface area contributed by atoms with Gasteiger partial charge in [-0.3, -0.25) is 14.5 Å². The van der Waals surface area contributed by atoms with Crippen LogP contribution < -0.4 is 9.47 Å². The summed E-state index contributed by atoms with van der Waals surface area (Å²) in [6, 6.07) is 18.3. The number of hydrogen-bond acceptors (Lipinski definition) is 6. The maximum atomic E-state index is 10.9. The highest BCUT2D eigenvalue weighted by Crippen LogP contribution is 2.29. The molecular formula is C22H18N4O5. The van der Waals surface area contributed by atoms with Crippen LogP contribution in [0.2, 0.25) is 0 Å². The summed E-state index contributed by atoms with van der Waals surface area (Å²) < 4.78 is 20.4. The van der Waals surface area contributed by atoms with E-state index in [0.29, 0.717) is 30.4 Å². The van der Waals surface area contributed by atoms with E-state index in [1.807, 2.05) is 59.1 Å². The van der Waals surface area contributed by atoms with Gasteiger partial charge in [0.05, 0.1) is 30.8 Å². The van der Waals surface area contributed by atoms with Gasteiger partial charge in [-0.05, 0) is 42.5 Å². The van der Waals surface area contributed by atoms with Gasteiger partial charge in [0.25, 0.3) is 0 Å². The Morgan fingerprint density at radius 2 is 1.77 bits per heavy atom. The van der Waals surface area contributed by atoms with Crippen molar-refractivity contribution in [3.8, 4) is 23.0 Å². The minimum Gasteiger partial charge on any atom is -0.497 e. The molecular weight excluding hydrogens is 400 g/mol. The number of methoxy groups -OCH3 is 1. The second-order valence-corrected chi connectivity index (χ2v) is 6.86. The van der Waals surface area contributed by atoms with Gasteiger partial charge in [-0.1, -0.05) is 12.1 Å². The number of nitrogens with zero attached hydrogens (tertiary/aromatic N) is 4. The summed E-state index contributed by atoms with van der Waals surface area (Å²) in [5.41, 5.74) is 2.51. The van der Waals surface area contributed by atoms with E-state index in [-0.39, 0.29) is 5.88 Å². The third-order valence-corrected chi connectivity index (χ3v) is 5.03. The lowest BCUT2D eigenvalue weighted by molar-refractivity contribution is -0.401. The van der Waals surface area contributed by atoms with E-state index in [0.717, 1.165) is 22.5 Å². The molecule has 9 nitrogen and oxygen atoms in total. The van der Waals surface area contributed by atoms with E-state index in [9.17, 15) is 10.1 Å². The molecule has 5 aromatic rings. The lowest BCUT2D eigenvalue weighted by Crippen LogP contribution is -2.08. The van der Waals surface area contributed by atoms with Crippen molar-refractivity contribution in [3.63, 3.8) is 0 Å². The van der Waals surface area contributed by atoms with Crippen molar-refractivity contribution in [2.45, 2.75) is 6.54 Å². The van der Waals surface area contributed by atoms with Crippen LogP contribution in [0.1, 0.15) is 0 Å². The van der Waals surface area contributed by atoms with Gasteiger partial charge in [0.15, 0.2) is 5.76 Å². The van der Waals surface area contributed by atoms with Crippen molar-refractivity contribution in [1.82, 2.24) is 14.0 Å². The van der Waals surface area contributed by atoms with Gasteiger partial charge in [0.2, 0.25) is 5.78 Å². The number of ether oxygens (including phenoxy) is 2. The van der Waals surface area contributed by atoms with Crippen LogP contribution in [0.3, 0.4) is 0 Å². The first kappa shape index (κ1) is 18.7. The Morgan fingerprint density at radius 3 is 2.48 bits per heavy atom. The van der Waals surface area contributed by atoms with Gasteiger partial charge in [-0.2, -0.15) is 0 Å². The van der Waals surface area contributed by atoms with E-state index < -0.39 is 4.92 Å². The number of fused-ring (bicyclic) bond motifs is 3. The monoisotopic (exact) mass is 418 g/mol. The highest BCUT2D eigenvalue weighted by Gasteiger charge is 2.19. The summed E-state index contributed by atoms with van der Waals surface area (Å²) in [6.07, 6.45) is 1.82. The Morgan fingerprint density at radius 1 is 1.03 bits per heavy atom. The van der Waals surface area contributed by atoms with E-state index in [4.69, 9.17) is 13.9 Å². The quantitative estimate of drug-likeness (QED) is 0.284. The zero-order valence-corrected chi connectivity index (χ0v) is 16.6. The number of para-hydroxylation sites is 2. The Labute approximate surface area is 176 Å². The van der Waals surface area contributed by atoms with Crippen molar-refractivity contribution in [1.29, 1.82) is 0 Å². The van der Waals surface area contributed by atoms with E-state index in [2.05, 4.69) is 9.55 Å². The zero-order chi connectivity index (χ0) is 21.4. The number of aromatic nitrogens is 3. The fourth-order valence-electron chi connectivity index (χ4n) is 3.57. The predicted octanol–water partition coefficient (Wildman–Crippen LogP) is 4.54. The van der Waals surface area contributed by atoms with Crippen molar-refractivity contribution in [2.24, 2.45) is 0 Å². The van der Waals surface area contributed by atoms with E-state index >= 15 is 0 Å². The number of rotatable bonds is 7. The minimum atomic E-state index is -0.564. The smallest absolute Gasteiger partial charge is 0.433 e. The van der Waals surface area contributed by atoms with E-state index in [1.54, 1.807) is 13.2 Å². The first-order valence-corrected chi connectivity index (χ1v) is 9.62. The average Bonchev–Trinajstić information content (AvgIpc) is 3.50. The van der Waals surface area contributed by atoms with Crippen molar-refractivity contribution >= 4 is 22.7 Å². The molecule has 0 N–H and O–H groups in total. The number of nitro groups is 1. The summed E-state index contributed by atoms with van der Waals surface area (Å²) in [6.45, 7) is 1.01. The molecule has 0 unspecified atom stereocenters. The fraction of sp³-hybridized carbons (Fsp3) is 0.136. The van der Waals surface area contributed by atoms with Gasteiger partial charge < -0.3 is 18.5 Å². The lowest BCUT2D eigenvalue weighted by atomic mass is 10.3. The van der Waals surface area contributed by atoms with E-state index in [1.165, 1.54) is 6.07 Å². The van der Waals surface area contributed by atoms with Crippen LogP contribution in [0.25, 0.3) is 28.3 Å². The number of furan rings is 1. The van der Waals surface area contributed by atoms with Crippen LogP contribution in [-0.4, -0.2) is 32.6 Å². The normalized spacial score (nSPS) is 11.3. The molecule has 31 heavy (non-hydrogen) atoms. The topological polar surface area (TPSA) is 97.0 Å². The first-order chi connectivity index (χ1) is 15.1. The van der Waals surface area contributed by atoms with Gasteiger partial charge >= 0.3 is 5.88 Å². The SMILES string of the molecule is COc1ccc(OCCn2c3ccccc3n3cc(-c4ccc([N+](=O)[O-])o4)nc23)cc1. The van der Waals surface area contributed by atoms with Crippen LogP contribution >= 0.6 is 0 Å². The van der Waals surface area contributed by atoms with Gasteiger partial charge in [-0.15, -0.1) is 0 Å². The molecule has 3 heterocycles. The summed E-state index contributed by atoms with van der Waals surface area (Å²) in [5, 5.41) is 10.9. The molecule has 0 spiro atoms. The molecule has 0 aliphatic carbocycles. The average molecular weight is 418 g/mol. The summed E-state index contributed by atoms with van der Waals surface area (Å²) >= 11 is 0. The zero-order valence-electron chi connectivity index (χ0n) is 16.6. The Balaban J connectivity index is 1.46. The molecule has 2 aromatic carbocycles. The third kappa shape index (κ3) is 3.35. The molecule has 0 amide bonds. The molecule has 0 saturated heterocycles. The van der Waals surface area contributed by atoms with Crippen molar-refractivity contribution < 1.29 is 18.8 Å². The standard InChI is InChI=1S/C22H18N4O5/c1-29-15-6-8-16(9-7-15)30-13-12-24-18-4-2-3-5-19(18)25-14-17(23-22(24)25)20-10-11-21(31-20)26(27)28/h2-11,14H,12-13H2,1H3. The van der Waals surface area contributed by atoms with Crippen molar-refractivity contribution in [3.05, 3.63) is 77.0 Å². The summed E-state index contributed by atoms with van der Waals surface area (Å²) in [5.74, 6) is 2.26. The second kappa shape index (κ2) is 7.52. The summed E-state index contributed by atoms with van der Waals surface area (Å²) in [4.78, 5) is 15.0. The Bertz CT molecular complexity index is 1380. The van der Waals surface area contributed by atoms with Crippen LogP contribution in [0.5, 0.6) is 11.5 Å². The van der Waals surface area contributed by atoms with Crippen LogP contribution in [0.4, 0.5) is 5.88 Å². The lowest BCUT2D eigenvalue weighted by Gasteiger charge is -2.09. The minimum absolute atomic E-state index is 0.312. The predicted molar refractivity (Wildman–Crippen MR) is 114 cm³/mol. The van der Waals surface area contributed by atoms with Gasteiger partial charge in [0.1, 0.15) is 28.7 Å². The molecule has 9 heteroatoms. The molecule has 5 rings (SSSR count). The maximum Gasteiger partial charge on any atom is 0.433 e. The highest BCUT2D eigenvalue weighted by atomic mass is 16.6. The number of imidazole rings is 2. The molecule has 0 radical (unpaired) electrons. The Hall–Kier alpha value is -4.27. The van der Waals surface area contributed by atoms with Crippen LogP contribution in [0, 0.1) is 10.1 Å². The number of benzene rings is 2. The molecule has 0 saturated carbocycles. The van der Waals surface area contributed by atoms with Crippen LogP contribution in [-0.2, 0) is 6.54 Å². The molecule has 0 aliphatic rings. The first-order valence-electron chi connectivity index (χ1n) is 9.62. The van der Waals surface area contributed by atoms with Gasteiger partial charge in [0, 0.05) is 6.20 Å². The van der Waals surface area contributed by atoms with Gasteiger partial charge in [-0.25, -0.2) is 4.98 Å². The molecule has 0 aliphatic heterocycles.